The molecule has 0 aliphatic rings. The highest BCUT2D eigenvalue weighted by atomic mass is 79.9. The molecule has 0 saturated heterocycles. The van der Waals surface area contributed by atoms with Gasteiger partial charge in [0, 0.05) is 5.33 Å². The highest BCUT2D eigenvalue weighted by Gasteiger charge is 2.13. The predicted molar refractivity (Wildman–Crippen MR) is 59.6 cm³/mol. The summed E-state index contributed by atoms with van der Waals surface area (Å²) in [5.74, 6) is -0.369. The molecular formula is C11H11BrFNO. The van der Waals surface area contributed by atoms with E-state index in [-0.39, 0.29) is 17.5 Å². The molecule has 2 nitrogen and oxygen atoms in total. The topological polar surface area (TPSA) is 33.0 Å². The molecule has 15 heavy (non-hydrogen) atoms. The van der Waals surface area contributed by atoms with E-state index in [1.165, 1.54) is 7.11 Å². The summed E-state index contributed by atoms with van der Waals surface area (Å²) in [6, 6.07) is 7.07. The molecule has 4 heteroatoms. The third-order valence-corrected chi connectivity index (χ3v) is 2.88. The summed E-state index contributed by atoms with van der Waals surface area (Å²) in [5.41, 5.74) is 0.514. The Labute approximate surface area is 96.8 Å². The second kappa shape index (κ2) is 5.72. The molecule has 80 valence electrons. The third kappa shape index (κ3) is 2.93. The monoisotopic (exact) mass is 271 g/mol. The zero-order chi connectivity index (χ0) is 11.3. The van der Waals surface area contributed by atoms with Crippen LogP contribution >= 0.6 is 15.9 Å². The first-order chi connectivity index (χ1) is 7.22. The van der Waals surface area contributed by atoms with Crippen molar-refractivity contribution in [2.75, 3.05) is 12.4 Å². The highest BCUT2D eigenvalue weighted by molar-refractivity contribution is 9.09. The maximum absolute atomic E-state index is 13.7. The number of alkyl halides is 1. The zero-order valence-corrected chi connectivity index (χ0v) is 9.92. The molecule has 1 aromatic rings. The molecular weight excluding hydrogens is 261 g/mol. The van der Waals surface area contributed by atoms with Gasteiger partial charge in [0.2, 0.25) is 0 Å². The van der Waals surface area contributed by atoms with Crippen LogP contribution in [-0.2, 0) is 6.42 Å². The minimum Gasteiger partial charge on any atom is -0.494 e. The quantitative estimate of drug-likeness (QED) is 0.789. The minimum atomic E-state index is -0.374. The Kier molecular flexibility index (Phi) is 4.57. The summed E-state index contributed by atoms with van der Waals surface area (Å²) in [6.45, 7) is 0. The molecule has 1 unspecified atom stereocenters. The summed E-state index contributed by atoms with van der Waals surface area (Å²) < 4.78 is 18.5. The van der Waals surface area contributed by atoms with E-state index in [0.29, 0.717) is 17.3 Å². The molecule has 0 N–H and O–H groups in total. The van der Waals surface area contributed by atoms with Crippen molar-refractivity contribution in [3.63, 3.8) is 0 Å². The molecule has 0 aliphatic heterocycles. The van der Waals surface area contributed by atoms with Crippen LogP contribution in [0.5, 0.6) is 5.75 Å². The van der Waals surface area contributed by atoms with Crippen molar-refractivity contribution in [1.82, 2.24) is 0 Å². The van der Waals surface area contributed by atoms with E-state index in [1.54, 1.807) is 18.2 Å². The number of nitrogens with zero attached hydrogens (tertiary/aromatic N) is 1. The molecule has 0 aromatic heterocycles. The van der Waals surface area contributed by atoms with Gasteiger partial charge in [0.25, 0.3) is 0 Å². The van der Waals surface area contributed by atoms with Crippen molar-refractivity contribution >= 4 is 15.9 Å². The SMILES string of the molecule is COc1cccc(CC(C#N)CBr)c1F. The van der Waals surface area contributed by atoms with Crippen LogP contribution in [0.2, 0.25) is 0 Å². The van der Waals surface area contributed by atoms with Gasteiger partial charge in [-0.3, -0.25) is 0 Å². The van der Waals surface area contributed by atoms with Gasteiger partial charge in [0.05, 0.1) is 19.1 Å². The number of halogens is 2. The zero-order valence-electron chi connectivity index (χ0n) is 8.34. The lowest BCUT2D eigenvalue weighted by Crippen LogP contribution is -2.05. The van der Waals surface area contributed by atoms with Gasteiger partial charge in [0.1, 0.15) is 0 Å². The standard InChI is InChI=1S/C11H11BrFNO/c1-15-10-4-2-3-9(11(10)13)5-8(6-12)7-14/h2-4,8H,5-6H2,1H3. The number of ether oxygens (including phenoxy) is 1. The molecule has 1 aromatic carbocycles. The smallest absolute Gasteiger partial charge is 0.168 e. The van der Waals surface area contributed by atoms with E-state index in [0.717, 1.165) is 0 Å². The van der Waals surface area contributed by atoms with E-state index in [9.17, 15) is 4.39 Å². The molecule has 0 radical (unpaired) electrons. The van der Waals surface area contributed by atoms with Crippen LogP contribution < -0.4 is 4.74 Å². The largest absolute Gasteiger partial charge is 0.494 e. The van der Waals surface area contributed by atoms with E-state index < -0.39 is 0 Å². The van der Waals surface area contributed by atoms with E-state index >= 15 is 0 Å². The normalized spacial score (nSPS) is 11.9. The minimum absolute atomic E-state index is 0.216. The summed E-state index contributed by atoms with van der Waals surface area (Å²) in [6.07, 6.45) is 0.394. The van der Waals surface area contributed by atoms with Crippen molar-refractivity contribution in [2.24, 2.45) is 5.92 Å². The maximum atomic E-state index is 13.7. The van der Waals surface area contributed by atoms with Crippen molar-refractivity contribution in [3.05, 3.63) is 29.6 Å². The number of hydrogen-bond donors (Lipinski definition) is 0. The number of hydrogen-bond acceptors (Lipinski definition) is 2. The number of benzene rings is 1. The highest BCUT2D eigenvalue weighted by Crippen LogP contribution is 2.22. The first-order valence-corrected chi connectivity index (χ1v) is 5.62. The summed E-state index contributed by atoms with van der Waals surface area (Å²) >= 11 is 3.22. The average molecular weight is 272 g/mol. The van der Waals surface area contributed by atoms with Crippen LogP contribution in [0.1, 0.15) is 5.56 Å². The lowest BCUT2D eigenvalue weighted by Gasteiger charge is -2.09. The molecule has 1 atom stereocenters. The van der Waals surface area contributed by atoms with E-state index in [4.69, 9.17) is 10.00 Å². The van der Waals surface area contributed by atoms with Gasteiger partial charge in [-0.05, 0) is 18.1 Å². The molecule has 0 spiro atoms. The molecule has 0 fully saturated rings. The summed E-state index contributed by atoms with van der Waals surface area (Å²) in [7, 11) is 1.43. The number of methoxy groups -OCH3 is 1. The summed E-state index contributed by atoms with van der Waals surface area (Å²) in [5, 5.41) is 9.31. The molecule has 0 aliphatic carbocycles. The lowest BCUT2D eigenvalue weighted by atomic mass is 10.0. The first-order valence-electron chi connectivity index (χ1n) is 4.49. The second-order valence-corrected chi connectivity index (χ2v) is 3.77. The molecule has 1 rings (SSSR count). The first kappa shape index (κ1) is 12.0. The van der Waals surface area contributed by atoms with Crippen LogP contribution in [0.3, 0.4) is 0 Å². The Morgan fingerprint density at radius 1 is 1.60 bits per heavy atom. The van der Waals surface area contributed by atoms with Gasteiger partial charge in [-0.2, -0.15) is 5.26 Å². The molecule has 0 bridgehead atoms. The Morgan fingerprint density at radius 2 is 2.33 bits per heavy atom. The van der Waals surface area contributed by atoms with Gasteiger partial charge in [-0.25, -0.2) is 4.39 Å². The Balaban J connectivity index is 2.91. The molecule has 0 heterocycles. The fourth-order valence-electron chi connectivity index (χ4n) is 1.27. The fraction of sp³-hybridized carbons (Fsp3) is 0.364. The summed E-state index contributed by atoms with van der Waals surface area (Å²) in [4.78, 5) is 0. The van der Waals surface area contributed by atoms with Gasteiger partial charge in [-0.15, -0.1) is 0 Å². The maximum Gasteiger partial charge on any atom is 0.168 e. The van der Waals surface area contributed by atoms with Crippen LogP contribution in [0.4, 0.5) is 4.39 Å². The van der Waals surface area contributed by atoms with Crippen molar-refractivity contribution in [1.29, 1.82) is 5.26 Å². The average Bonchev–Trinajstić information content (AvgIpc) is 2.28. The second-order valence-electron chi connectivity index (χ2n) is 3.12. The van der Waals surface area contributed by atoms with Gasteiger partial charge in [0.15, 0.2) is 11.6 Å². The Hall–Kier alpha value is -1.08. The number of rotatable bonds is 4. The Morgan fingerprint density at radius 3 is 2.87 bits per heavy atom. The predicted octanol–water partition coefficient (Wildman–Crippen LogP) is 2.91. The van der Waals surface area contributed by atoms with Crippen LogP contribution in [-0.4, -0.2) is 12.4 Å². The molecule has 0 amide bonds. The van der Waals surface area contributed by atoms with Crippen molar-refractivity contribution in [3.8, 4) is 11.8 Å². The third-order valence-electron chi connectivity index (χ3n) is 2.10. The van der Waals surface area contributed by atoms with Crippen molar-refractivity contribution in [2.45, 2.75) is 6.42 Å². The van der Waals surface area contributed by atoms with Crippen LogP contribution in [0.25, 0.3) is 0 Å². The van der Waals surface area contributed by atoms with E-state index in [2.05, 4.69) is 22.0 Å². The fourth-order valence-corrected chi connectivity index (χ4v) is 1.65. The van der Waals surface area contributed by atoms with Crippen LogP contribution in [0, 0.1) is 23.1 Å². The van der Waals surface area contributed by atoms with Gasteiger partial charge in [-0.1, -0.05) is 28.1 Å². The van der Waals surface area contributed by atoms with Gasteiger partial charge >= 0.3 is 0 Å². The van der Waals surface area contributed by atoms with Crippen molar-refractivity contribution < 1.29 is 9.13 Å². The van der Waals surface area contributed by atoms with Gasteiger partial charge < -0.3 is 4.74 Å². The lowest BCUT2D eigenvalue weighted by molar-refractivity contribution is 0.383. The van der Waals surface area contributed by atoms with E-state index in [1.807, 2.05) is 0 Å². The number of nitriles is 1. The Bertz CT molecular complexity index is 375. The molecule has 0 saturated carbocycles. The van der Waals surface area contributed by atoms with Crippen LogP contribution in [0.15, 0.2) is 18.2 Å².